The van der Waals surface area contributed by atoms with Gasteiger partial charge >= 0.3 is 0 Å². The van der Waals surface area contributed by atoms with Gasteiger partial charge in [-0.15, -0.1) is 0 Å². The number of nitrogens with one attached hydrogen (secondary N) is 1. The van der Waals surface area contributed by atoms with E-state index in [0.29, 0.717) is 24.8 Å². The SMILES string of the molecule is CC(C)(C)c1ccc([Si](OCCNC(=O)c2c3ccccc3nn2C2CCC(CO)CC2)c2ccccc2)cc1. The lowest BCUT2D eigenvalue weighted by atomic mass is 9.86. The van der Waals surface area contributed by atoms with Gasteiger partial charge < -0.3 is 14.8 Å². The number of aliphatic hydroxyl groups excluding tert-OH is 1. The van der Waals surface area contributed by atoms with Gasteiger partial charge in [0.2, 0.25) is 0 Å². The van der Waals surface area contributed by atoms with E-state index in [4.69, 9.17) is 9.52 Å². The Bertz CT molecular complexity index is 1400. The highest BCUT2D eigenvalue weighted by atomic mass is 28.3. The van der Waals surface area contributed by atoms with Gasteiger partial charge in [0.1, 0.15) is 5.69 Å². The van der Waals surface area contributed by atoms with Crippen LogP contribution in [0.2, 0.25) is 0 Å². The summed E-state index contributed by atoms with van der Waals surface area (Å²) >= 11 is 0. The first-order valence-corrected chi connectivity index (χ1v) is 15.8. The minimum Gasteiger partial charge on any atom is -0.406 e. The first-order chi connectivity index (χ1) is 19.3. The van der Waals surface area contributed by atoms with Crippen LogP contribution in [0.25, 0.3) is 10.9 Å². The van der Waals surface area contributed by atoms with Crippen LogP contribution in [0.1, 0.15) is 68.5 Å². The van der Waals surface area contributed by atoms with Crippen LogP contribution < -0.4 is 15.7 Å². The molecule has 2 N–H and O–H groups in total. The molecule has 1 saturated carbocycles. The fourth-order valence-corrected chi connectivity index (χ4v) is 7.50. The smallest absolute Gasteiger partial charge is 0.282 e. The van der Waals surface area contributed by atoms with Gasteiger partial charge in [-0.25, -0.2) is 0 Å². The highest BCUT2D eigenvalue weighted by Gasteiger charge is 2.28. The van der Waals surface area contributed by atoms with E-state index in [2.05, 4.69) is 74.6 Å². The Hall–Kier alpha value is -3.26. The van der Waals surface area contributed by atoms with Crippen molar-refractivity contribution in [3.05, 3.63) is 90.1 Å². The Labute approximate surface area is 239 Å². The predicted octanol–water partition coefficient (Wildman–Crippen LogP) is 4.61. The molecule has 6 nitrogen and oxygen atoms in total. The summed E-state index contributed by atoms with van der Waals surface area (Å²) in [4.78, 5) is 13.6. The number of aromatic nitrogens is 2. The molecule has 40 heavy (non-hydrogen) atoms. The Kier molecular flexibility index (Phi) is 8.83. The number of nitrogens with zero attached hydrogens (tertiary/aromatic N) is 2. The average Bonchev–Trinajstić information content (AvgIpc) is 3.37. The summed E-state index contributed by atoms with van der Waals surface area (Å²) in [7, 11) is -1.47. The van der Waals surface area contributed by atoms with Crippen molar-refractivity contribution in [1.82, 2.24) is 15.1 Å². The first kappa shape index (κ1) is 28.3. The Morgan fingerprint density at radius 2 is 1.60 bits per heavy atom. The molecule has 3 aromatic carbocycles. The van der Waals surface area contributed by atoms with Gasteiger partial charge in [0.05, 0.1) is 18.2 Å². The molecular weight excluding hydrogens is 514 g/mol. The Morgan fingerprint density at radius 3 is 2.27 bits per heavy atom. The van der Waals surface area contributed by atoms with E-state index >= 15 is 0 Å². The van der Waals surface area contributed by atoms with Crippen molar-refractivity contribution in [2.75, 3.05) is 19.8 Å². The molecule has 1 aromatic heterocycles. The third-order valence-electron chi connectivity index (χ3n) is 7.92. The number of amides is 1. The molecule has 1 fully saturated rings. The monoisotopic (exact) mass is 554 g/mol. The molecule has 0 bridgehead atoms. The molecule has 1 aliphatic rings. The maximum Gasteiger partial charge on any atom is 0.282 e. The van der Waals surface area contributed by atoms with Gasteiger partial charge in [-0.3, -0.25) is 9.48 Å². The quantitative estimate of drug-likeness (QED) is 0.234. The van der Waals surface area contributed by atoms with Crippen molar-refractivity contribution in [1.29, 1.82) is 0 Å². The molecule has 1 radical (unpaired) electrons. The van der Waals surface area contributed by atoms with Gasteiger partial charge in [-0.05, 0) is 59.0 Å². The van der Waals surface area contributed by atoms with Crippen molar-refractivity contribution in [3.63, 3.8) is 0 Å². The van der Waals surface area contributed by atoms with Gasteiger partial charge in [0.25, 0.3) is 14.9 Å². The molecule has 1 aliphatic carbocycles. The second kappa shape index (κ2) is 12.5. The third-order valence-corrected chi connectivity index (χ3v) is 10.1. The minimum absolute atomic E-state index is 0.0954. The van der Waals surface area contributed by atoms with Gasteiger partial charge in [-0.1, -0.05) is 93.6 Å². The zero-order valence-electron chi connectivity index (χ0n) is 23.8. The van der Waals surface area contributed by atoms with E-state index in [0.717, 1.165) is 36.6 Å². The molecule has 0 atom stereocenters. The molecule has 4 aromatic rings. The topological polar surface area (TPSA) is 76.4 Å². The maximum absolute atomic E-state index is 13.6. The van der Waals surface area contributed by atoms with Crippen LogP contribution in [0.4, 0.5) is 0 Å². The van der Waals surface area contributed by atoms with E-state index in [1.54, 1.807) is 0 Å². The fourth-order valence-electron chi connectivity index (χ4n) is 5.56. The average molecular weight is 555 g/mol. The molecule has 0 spiro atoms. The van der Waals surface area contributed by atoms with E-state index in [1.165, 1.54) is 15.9 Å². The minimum atomic E-state index is -1.47. The number of carbonyl (C=O) groups excluding carboxylic acids is 1. The summed E-state index contributed by atoms with van der Waals surface area (Å²) in [5.74, 6) is 0.227. The lowest BCUT2D eigenvalue weighted by Crippen LogP contribution is -2.46. The molecule has 0 unspecified atom stereocenters. The maximum atomic E-state index is 13.6. The highest BCUT2D eigenvalue weighted by molar-refractivity contribution is 6.80. The Morgan fingerprint density at radius 1 is 0.950 bits per heavy atom. The summed E-state index contributed by atoms with van der Waals surface area (Å²) in [5, 5.41) is 20.8. The number of aliphatic hydroxyl groups is 1. The normalized spacial score (nSPS) is 17.8. The summed E-state index contributed by atoms with van der Waals surface area (Å²) in [6.45, 7) is 7.73. The molecule has 1 amide bonds. The molecule has 1 heterocycles. The van der Waals surface area contributed by atoms with Crippen LogP contribution in [0, 0.1) is 5.92 Å². The number of carbonyl (C=O) groups is 1. The van der Waals surface area contributed by atoms with Crippen molar-refractivity contribution in [2.45, 2.75) is 57.9 Å². The van der Waals surface area contributed by atoms with E-state index in [-0.39, 0.29) is 24.0 Å². The van der Waals surface area contributed by atoms with Crippen molar-refractivity contribution >= 4 is 36.2 Å². The number of benzene rings is 3. The molecule has 0 saturated heterocycles. The van der Waals surface area contributed by atoms with Crippen molar-refractivity contribution in [2.24, 2.45) is 5.92 Å². The lowest BCUT2D eigenvalue weighted by molar-refractivity contribution is 0.0929. The Balaban J connectivity index is 1.28. The van der Waals surface area contributed by atoms with Crippen LogP contribution >= 0.6 is 0 Å². The molecule has 209 valence electrons. The standard InChI is InChI=1S/C33H40N3O3Si/c1-33(2,3)25-15-19-28(20-16-25)40(27-9-5-4-6-10-27)39-22-21-34-32(38)31-29-11-7-8-12-30(29)35-36(31)26-17-13-24(23-37)14-18-26/h4-12,15-16,19-20,24,26,37H,13-14,17-18,21-23H2,1-3H3,(H,34,38). The lowest BCUT2D eigenvalue weighted by Gasteiger charge is -2.28. The molecule has 0 aliphatic heterocycles. The van der Waals surface area contributed by atoms with E-state index in [1.807, 2.05) is 35.0 Å². The van der Waals surface area contributed by atoms with Crippen LogP contribution in [-0.2, 0) is 9.84 Å². The summed E-state index contributed by atoms with van der Waals surface area (Å²) in [6, 6.07) is 27.2. The van der Waals surface area contributed by atoms with Gasteiger partial charge in [0, 0.05) is 18.5 Å². The highest BCUT2D eigenvalue weighted by Crippen LogP contribution is 2.34. The summed E-state index contributed by atoms with van der Waals surface area (Å²) in [6.07, 6.45) is 3.74. The van der Waals surface area contributed by atoms with Crippen molar-refractivity contribution < 1.29 is 14.3 Å². The molecule has 5 rings (SSSR count). The molecule has 7 heteroatoms. The van der Waals surface area contributed by atoms with Crippen molar-refractivity contribution in [3.8, 4) is 0 Å². The van der Waals surface area contributed by atoms with Gasteiger partial charge in [-0.2, -0.15) is 5.10 Å². The van der Waals surface area contributed by atoms with Crippen LogP contribution in [0.5, 0.6) is 0 Å². The second-order valence-electron chi connectivity index (χ2n) is 11.8. The van der Waals surface area contributed by atoms with E-state index in [9.17, 15) is 9.90 Å². The number of hydrogen-bond donors (Lipinski definition) is 2. The zero-order chi connectivity index (χ0) is 28.1. The fraction of sp³-hybridized carbons (Fsp3) is 0.394. The largest absolute Gasteiger partial charge is 0.406 e. The predicted molar refractivity (Wildman–Crippen MR) is 163 cm³/mol. The number of fused-ring (bicyclic) bond motifs is 1. The summed E-state index contributed by atoms with van der Waals surface area (Å²) in [5.41, 5.74) is 2.85. The number of rotatable bonds is 9. The first-order valence-electron chi connectivity index (χ1n) is 14.4. The summed E-state index contributed by atoms with van der Waals surface area (Å²) < 4.78 is 8.44. The zero-order valence-corrected chi connectivity index (χ0v) is 24.8. The van der Waals surface area contributed by atoms with Crippen LogP contribution in [0.15, 0.2) is 78.9 Å². The second-order valence-corrected chi connectivity index (χ2v) is 13.9. The van der Waals surface area contributed by atoms with E-state index < -0.39 is 9.04 Å². The van der Waals surface area contributed by atoms with Gasteiger partial charge in [0.15, 0.2) is 0 Å². The number of hydrogen-bond acceptors (Lipinski definition) is 4. The third kappa shape index (κ3) is 6.38. The van der Waals surface area contributed by atoms with Crippen LogP contribution in [0.3, 0.4) is 0 Å². The van der Waals surface area contributed by atoms with Crippen LogP contribution in [-0.4, -0.2) is 49.6 Å². The molecular formula is C33H40N3O3Si.